The normalized spacial score (nSPS) is 16.9. The standard InChI is InChI=1S/C15H25N3O/c1-4-19-14-7-9-18(10-8-14)15-6-5-13(11-16-3)12(2)17-15/h5-6,14,16H,4,7-11H2,1-3H3. The van der Waals surface area contributed by atoms with Gasteiger partial charge in [-0.05, 0) is 45.4 Å². The molecular formula is C15H25N3O. The van der Waals surface area contributed by atoms with Gasteiger partial charge in [-0.1, -0.05) is 6.07 Å². The zero-order valence-electron chi connectivity index (χ0n) is 12.3. The molecule has 19 heavy (non-hydrogen) atoms. The van der Waals surface area contributed by atoms with Crippen LogP contribution in [0.3, 0.4) is 0 Å². The van der Waals surface area contributed by atoms with E-state index in [1.807, 2.05) is 7.05 Å². The van der Waals surface area contributed by atoms with Crippen molar-refractivity contribution in [3.8, 4) is 0 Å². The van der Waals surface area contributed by atoms with E-state index in [1.165, 1.54) is 5.56 Å². The highest BCUT2D eigenvalue weighted by Gasteiger charge is 2.20. The minimum Gasteiger partial charge on any atom is -0.378 e. The molecule has 1 aliphatic heterocycles. The van der Waals surface area contributed by atoms with Gasteiger partial charge in [0.25, 0.3) is 0 Å². The summed E-state index contributed by atoms with van der Waals surface area (Å²) in [5.74, 6) is 1.10. The van der Waals surface area contributed by atoms with E-state index in [4.69, 9.17) is 9.72 Å². The number of hydrogen-bond acceptors (Lipinski definition) is 4. The molecule has 0 unspecified atom stereocenters. The van der Waals surface area contributed by atoms with E-state index < -0.39 is 0 Å². The van der Waals surface area contributed by atoms with Crippen LogP contribution in [0, 0.1) is 6.92 Å². The number of nitrogens with one attached hydrogen (secondary N) is 1. The molecular weight excluding hydrogens is 238 g/mol. The van der Waals surface area contributed by atoms with Gasteiger partial charge in [0, 0.05) is 31.9 Å². The molecule has 106 valence electrons. The number of pyridine rings is 1. The molecule has 1 N–H and O–H groups in total. The fraction of sp³-hybridized carbons (Fsp3) is 0.667. The summed E-state index contributed by atoms with van der Waals surface area (Å²) in [7, 11) is 1.96. The van der Waals surface area contributed by atoms with Crippen LogP contribution in [0.1, 0.15) is 31.0 Å². The van der Waals surface area contributed by atoms with Gasteiger partial charge in [-0.2, -0.15) is 0 Å². The first-order valence-electron chi connectivity index (χ1n) is 7.22. The maximum absolute atomic E-state index is 5.69. The number of aromatic nitrogens is 1. The lowest BCUT2D eigenvalue weighted by Gasteiger charge is -2.32. The Kier molecular flexibility index (Phi) is 5.16. The van der Waals surface area contributed by atoms with Crippen LogP contribution < -0.4 is 10.2 Å². The maximum Gasteiger partial charge on any atom is 0.128 e. The van der Waals surface area contributed by atoms with Crippen molar-refractivity contribution in [2.75, 3.05) is 31.6 Å². The molecule has 0 spiro atoms. The molecule has 1 fully saturated rings. The number of hydrogen-bond donors (Lipinski definition) is 1. The summed E-state index contributed by atoms with van der Waals surface area (Å²) in [6.45, 7) is 7.94. The summed E-state index contributed by atoms with van der Waals surface area (Å²) in [4.78, 5) is 7.10. The van der Waals surface area contributed by atoms with Crippen LogP contribution in [0.5, 0.6) is 0 Å². The predicted molar refractivity (Wildman–Crippen MR) is 78.6 cm³/mol. The summed E-state index contributed by atoms with van der Waals surface area (Å²) < 4.78 is 5.69. The summed E-state index contributed by atoms with van der Waals surface area (Å²) in [5, 5.41) is 3.17. The van der Waals surface area contributed by atoms with Gasteiger partial charge < -0.3 is 15.0 Å². The lowest BCUT2D eigenvalue weighted by Crippen LogP contribution is -2.37. The highest BCUT2D eigenvalue weighted by molar-refractivity contribution is 5.42. The fourth-order valence-electron chi connectivity index (χ4n) is 2.62. The van der Waals surface area contributed by atoms with E-state index in [2.05, 4.69) is 36.2 Å². The average Bonchev–Trinajstić information content (AvgIpc) is 2.43. The Balaban J connectivity index is 1.97. The van der Waals surface area contributed by atoms with Crippen LogP contribution in [0.25, 0.3) is 0 Å². The fourth-order valence-corrected chi connectivity index (χ4v) is 2.62. The quantitative estimate of drug-likeness (QED) is 0.883. The van der Waals surface area contributed by atoms with Gasteiger partial charge in [0.1, 0.15) is 5.82 Å². The summed E-state index contributed by atoms with van der Waals surface area (Å²) in [6, 6.07) is 4.32. The van der Waals surface area contributed by atoms with E-state index in [0.717, 1.165) is 50.6 Å². The van der Waals surface area contributed by atoms with E-state index in [1.54, 1.807) is 0 Å². The second-order valence-corrected chi connectivity index (χ2v) is 5.09. The van der Waals surface area contributed by atoms with Crippen molar-refractivity contribution in [1.29, 1.82) is 0 Å². The van der Waals surface area contributed by atoms with Crippen molar-refractivity contribution >= 4 is 5.82 Å². The van der Waals surface area contributed by atoms with Crippen molar-refractivity contribution in [1.82, 2.24) is 10.3 Å². The van der Waals surface area contributed by atoms with Gasteiger partial charge in [0.15, 0.2) is 0 Å². The molecule has 1 aromatic heterocycles. The SMILES string of the molecule is CCOC1CCN(c2ccc(CNC)c(C)n2)CC1. The van der Waals surface area contributed by atoms with Crippen molar-refractivity contribution < 1.29 is 4.74 Å². The molecule has 1 saturated heterocycles. The molecule has 0 atom stereocenters. The number of nitrogens with zero attached hydrogens (tertiary/aromatic N) is 2. The molecule has 0 aliphatic carbocycles. The molecule has 0 amide bonds. The number of aryl methyl sites for hydroxylation is 1. The summed E-state index contributed by atoms with van der Waals surface area (Å²) in [5.41, 5.74) is 2.40. The van der Waals surface area contributed by atoms with Crippen molar-refractivity contribution in [3.63, 3.8) is 0 Å². The smallest absolute Gasteiger partial charge is 0.128 e. The number of ether oxygens (including phenoxy) is 1. The third kappa shape index (κ3) is 3.67. The van der Waals surface area contributed by atoms with Gasteiger partial charge in [-0.15, -0.1) is 0 Å². The Bertz CT molecular complexity index is 400. The average molecular weight is 263 g/mol. The Labute approximate surface area is 116 Å². The second-order valence-electron chi connectivity index (χ2n) is 5.09. The van der Waals surface area contributed by atoms with Crippen LogP contribution in [0.15, 0.2) is 12.1 Å². The van der Waals surface area contributed by atoms with Gasteiger partial charge in [0.05, 0.1) is 6.10 Å². The van der Waals surface area contributed by atoms with Crippen molar-refractivity contribution in [2.24, 2.45) is 0 Å². The van der Waals surface area contributed by atoms with Gasteiger partial charge in [0.2, 0.25) is 0 Å². The topological polar surface area (TPSA) is 37.4 Å². The van der Waals surface area contributed by atoms with E-state index in [-0.39, 0.29) is 0 Å². The van der Waals surface area contributed by atoms with Crippen LogP contribution in [0.2, 0.25) is 0 Å². The minimum atomic E-state index is 0.436. The predicted octanol–water partition coefficient (Wildman–Crippen LogP) is 2.11. The Morgan fingerprint density at radius 3 is 2.68 bits per heavy atom. The van der Waals surface area contributed by atoms with Crippen molar-refractivity contribution in [2.45, 2.75) is 39.3 Å². The third-order valence-electron chi connectivity index (χ3n) is 3.72. The largest absolute Gasteiger partial charge is 0.378 e. The maximum atomic E-state index is 5.69. The number of rotatable bonds is 5. The summed E-state index contributed by atoms with van der Waals surface area (Å²) in [6.07, 6.45) is 2.64. The second kappa shape index (κ2) is 6.87. The first kappa shape index (κ1) is 14.3. The van der Waals surface area contributed by atoms with Crippen LogP contribution in [0.4, 0.5) is 5.82 Å². The molecule has 0 saturated carbocycles. The lowest BCUT2D eigenvalue weighted by molar-refractivity contribution is 0.0458. The molecule has 2 heterocycles. The van der Waals surface area contributed by atoms with Crippen molar-refractivity contribution in [3.05, 3.63) is 23.4 Å². The van der Waals surface area contributed by atoms with E-state index >= 15 is 0 Å². The first-order chi connectivity index (χ1) is 9.24. The Morgan fingerprint density at radius 1 is 1.37 bits per heavy atom. The number of piperidine rings is 1. The zero-order valence-corrected chi connectivity index (χ0v) is 12.3. The summed E-state index contributed by atoms with van der Waals surface area (Å²) >= 11 is 0. The molecule has 1 aliphatic rings. The Hall–Kier alpha value is -1.13. The Morgan fingerprint density at radius 2 is 2.11 bits per heavy atom. The molecule has 0 radical (unpaired) electrons. The lowest BCUT2D eigenvalue weighted by atomic mass is 10.1. The van der Waals surface area contributed by atoms with Gasteiger partial charge >= 0.3 is 0 Å². The highest BCUT2D eigenvalue weighted by atomic mass is 16.5. The third-order valence-corrected chi connectivity index (χ3v) is 3.72. The monoisotopic (exact) mass is 263 g/mol. The molecule has 1 aromatic rings. The van der Waals surface area contributed by atoms with Crippen LogP contribution >= 0.6 is 0 Å². The molecule has 0 bridgehead atoms. The molecule has 4 heteroatoms. The molecule has 2 rings (SSSR count). The molecule has 0 aromatic carbocycles. The van der Waals surface area contributed by atoms with Crippen LogP contribution in [-0.4, -0.2) is 37.8 Å². The highest BCUT2D eigenvalue weighted by Crippen LogP contribution is 2.21. The zero-order chi connectivity index (χ0) is 13.7. The first-order valence-corrected chi connectivity index (χ1v) is 7.22. The minimum absolute atomic E-state index is 0.436. The van der Waals surface area contributed by atoms with Gasteiger partial charge in [-0.3, -0.25) is 0 Å². The molecule has 4 nitrogen and oxygen atoms in total. The van der Waals surface area contributed by atoms with Gasteiger partial charge in [-0.25, -0.2) is 4.98 Å². The van der Waals surface area contributed by atoms with Crippen LogP contribution in [-0.2, 0) is 11.3 Å². The van der Waals surface area contributed by atoms with E-state index in [9.17, 15) is 0 Å². The number of anilines is 1. The van der Waals surface area contributed by atoms with E-state index in [0.29, 0.717) is 6.10 Å².